The minimum absolute atomic E-state index is 0.156. The average Bonchev–Trinajstić information content (AvgIpc) is 2.71. The van der Waals surface area contributed by atoms with Crippen LogP contribution in [0.3, 0.4) is 0 Å². The maximum atomic E-state index is 13.0. The zero-order valence-electron chi connectivity index (χ0n) is 16.1. The molecule has 3 aromatic carbocycles. The zero-order chi connectivity index (χ0) is 19.9. The van der Waals surface area contributed by atoms with E-state index in [2.05, 4.69) is 17.4 Å². The van der Waals surface area contributed by atoms with Crippen molar-refractivity contribution in [2.75, 3.05) is 0 Å². The van der Waals surface area contributed by atoms with Crippen molar-refractivity contribution >= 4 is 17.5 Å². The van der Waals surface area contributed by atoms with Crippen molar-refractivity contribution in [3.8, 4) is 5.75 Å². The molecular weight excluding hydrogens is 370 g/mol. The maximum Gasteiger partial charge on any atom is 0.261 e. The van der Waals surface area contributed by atoms with Crippen LogP contribution < -0.4 is 10.1 Å². The second kappa shape index (κ2) is 9.43. The highest BCUT2D eigenvalue weighted by molar-refractivity contribution is 6.30. The van der Waals surface area contributed by atoms with Crippen molar-refractivity contribution in [3.63, 3.8) is 0 Å². The van der Waals surface area contributed by atoms with Crippen molar-refractivity contribution in [1.29, 1.82) is 0 Å². The summed E-state index contributed by atoms with van der Waals surface area (Å²) in [5.74, 6) is 0.429. The standard InChI is InChI=1S/C24H24ClNO2/c1-3-22(28-21-11-7-10-20(25)16-21)24(27)26-23(18-8-5-4-6-9-18)19-14-12-17(2)13-15-19/h4-16,22-23H,3H2,1-2H3,(H,26,27)/t22-,23-/m1/s1. The summed E-state index contributed by atoms with van der Waals surface area (Å²) in [5, 5.41) is 3.74. The summed E-state index contributed by atoms with van der Waals surface area (Å²) >= 11 is 6.03. The van der Waals surface area contributed by atoms with E-state index >= 15 is 0 Å². The number of carbonyl (C=O) groups is 1. The molecule has 28 heavy (non-hydrogen) atoms. The predicted molar refractivity (Wildman–Crippen MR) is 114 cm³/mol. The van der Waals surface area contributed by atoms with Gasteiger partial charge in [-0.05, 0) is 42.7 Å². The SMILES string of the molecule is CC[C@@H](Oc1cccc(Cl)c1)C(=O)N[C@H](c1ccccc1)c1ccc(C)cc1. The first kappa shape index (κ1) is 20.0. The lowest BCUT2D eigenvalue weighted by Crippen LogP contribution is -2.40. The molecule has 0 aliphatic rings. The van der Waals surface area contributed by atoms with Gasteiger partial charge in [-0.25, -0.2) is 0 Å². The van der Waals surface area contributed by atoms with E-state index in [9.17, 15) is 4.79 Å². The summed E-state index contributed by atoms with van der Waals surface area (Å²) in [6.07, 6.45) is -0.0524. The van der Waals surface area contributed by atoms with Gasteiger partial charge in [0.1, 0.15) is 5.75 Å². The Morgan fingerprint density at radius 2 is 1.64 bits per heavy atom. The molecule has 0 saturated heterocycles. The molecule has 0 saturated carbocycles. The molecule has 0 aliphatic heterocycles. The van der Waals surface area contributed by atoms with Crippen molar-refractivity contribution in [1.82, 2.24) is 5.32 Å². The number of carbonyl (C=O) groups excluding carboxylic acids is 1. The third kappa shape index (κ3) is 5.14. The van der Waals surface area contributed by atoms with E-state index in [0.717, 1.165) is 11.1 Å². The molecule has 1 amide bonds. The minimum Gasteiger partial charge on any atom is -0.481 e. The Kier molecular flexibility index (Phi) is 6.72. The van der Waals surface area contributed by atoms with Gasteiger partial charge < -0.3 is 10.1 Å². The van der Waals surface area contributed by atoms with Crippen LogP contribution in [-0.2, 0) is 4.79 Å². The van der Waals surface area contributed by atoms with Crippen LogP contribution in [0.5, 0.6) is 5.75 Å². The first-order valence-corrected chi connectivity index (χ1v) is 9.78. The highest BCUT2D eigenvalue weighted by Crippen LogP contribution is 2.24. The summed E-state index contributed by atoms with van der Waals surface area (Å²) in [5.41, 5.74) is 3.23. The quantitative estimate of drug-likeness (QED) is 0.558. The third-order valence-electron chi connectivity index (χ3n) is 4.57. The Balaban J connectivity index is 1.82. The van der Waals surface area contributed by atoms with Gasteiger partial charge in [-0.2, -0.15) is 0 Å². The lowest BCUT2D eigenvalue weighted by molar-refractivity contribution is -0.128. The topological polar surface area (TPSA) is 38.3 Å². The summed E-state index contributed by atoms with van der Waals surface area (Å²) in [6, 6.07) is 25.0. The first-order chi connectivity index (χ1) is 13.6. The van der Waals surface area contributed by atoms with Crippen LogP contribution in [0.15, 0.2) is 78.9 Å². The zero-order valence-corrected chi connectivity index (χ0v) is 16.8. The van der Waals surface area contributed by atoms with Gasteiger partial charge in [-0.15, -0.1) is 0 Å². The molecule has 0 fully saturated rings. The second-order valence-electron chi connectivity index (χ2n) is 6.74. The van der Waals surface area contributed by atoms with Crippen LogP contribution in [0.1, 0.15) is 36.1 Å². The largest absolute Gasteiger partial charge is 0.481 e. The van der Waals surface area contributed by atoms with Crippen LogP contribution in [0, 0.1) is 6.92 Å². The molecule has 144 valence electrons. The molecule has 0 radical (unpaired) electrons. The predicted octanol–water partition coefficient (Wildman–Crippen LogP) is 5.71. The molecule has 0 spiro atoms. The number of rotatable bonds is 7. The molecular formula is C24H24ClNO2. The average molecular weight is 394 g/mol. The Morgan fingerprint density at radius 1 is 0.964 bits per heavy atom. The molecule has 1 N–H and O–H groups in total. The normalized spacial score (nSPS) is 12.8. The Labute approximate surface area is 171 Å². The number of nitrogens with one attached hydrogen (secondary N) is 1. The number of hydrogen-bond acceptors (Lipinski definition) is 2. The number of aryl methyl sites for hydroxylation is 1. The number of hydrogen-bond donors (Lipinski definition) is 1. The molecule has 3 nitrogen and oxygen atoms in total. The number of benzene rings is 3. The van der Waals surface area contributed by atoms with E-state index in [1.54, 1.807) is 24.3 Å². The van der Waals surface area contributed by atoms with Crippen LogP contribution in [-0.4, -0.2) is 12.0 Å². The van der Waals surface area contributed by atoms with Crippen molar-refractivity contribution < 1.29 is 9.53 Å². The fourth-order valence-corrected chi connectivity index (χ4v) is 3.21. The fraction of sp³-hybridized carbons (Fsp3) is 0.208. The Bertz CT molecular complexity index is 909. The molecule has 0 bridgehead atoms. The maximum absolute atomic E-state index is 13.0. The lowest BCUT2D eigenvalue weighted by atomic mass is 9.97. The van der Waals surface area contributed by atoms with E-state index in [1.165, 1.54) is 5.56 Å². The molecule has 4 heteroatoms. The molecule has 3 aromatic rings. The highest BCUT2D eigenvalue weighted by Gasteiger charge is 2.23. The van der Waals surface area contributed by atoms with Gasteiger partial charge in [-0.1, -0.05) is 84.8 Å². The van der Waals surface area contributed by atoms with Crippen molar-refractivity contribution in [3.05, 3.63) is 101 Å². The molecule has 2 atom stereocenters. The fourth-order valence-electron chi connectivity index (χ4n) is 3.03. The smallest absolute Gasteiger partial charge is 0.261 e. The van der Waals surface area contributed by atoms with Gasteiger partial charge in [0.25, 0.3) is 5.91 Å². The van der Waals surface area contributed by atoms with Crippen molar-refractivity contribution in [2.24, 2.45) is 0 Å². The van der Waals surface area contributed by atoms with Crippen molar-refractivity contribution in [2.45, 2.75) is 32.4 Å². The Morgan fingerprint density at radius 3 is 2.29 bits per heavy atom. The van der Waals surface area contributed by atoms with Gasteiger partial charge in [0.2, 0.25) is 0 Å². The van der Waals surface area contributed by atoms with Crippen LogP contribution in [0.25, 0.3) is 0 Å². The third-order valence-corrected chi connectivity index (χ3v) is 4.80. The van der Waals surface area contributed by atoms with Gasteiger partial charge in [-0.3, -0.25) is 4.79 Å². The summed E-state index contributed by atoms with van der Waals surface area (Å²) in [7, 11) is 0. The molecule has 0 aromatic heterocycles. The minimum atomic E-state index is -0.602. The summed E-state index contributed by atoms with van der Waals surface area (Å²) in [6.45, 7) is 3.98. The lowest BCUT2D eigenvalue weighted by Gasteiger charge is -2.24. The van der Waals surface area contributed by atoms with E-state index in [-0.39, 0.29) is 11.9 Å². The van der Waals surface area contributed by atoms with Gasteiger partial charge in [0.15, 0.2) is 6.10 Å². The highest BCUT2D eigenvalue weighted by atomic mass is 35.5. The summed E-state index contributed by atoms with van der Waals surface area (Å²) < 4.78 is 5.90. The first-order valence-electron chi connectivity index (χ1n) is 9.41. The number of ether oxygens (including phenoxy) is 1. The van der Waals surface area contributed by atoms with Gasteiger partial charge in [0.05, 0.1) is 6.04 Å². The van der Waals surface area contributed by atoms with Crippen LogP contribution >= 0.6 is 11.6 Å². The molecule has 3 rings (SSSR count). The molecule has 0 unspecified atom stereocenters. The van der Waals surface area contributed by atoms with E-state index in [0.29, 0.717) is 17.2 Å². The van der Waals surface area contributed by atoms with Gasteiger partial charge >= 0.3 is 0 Å². The van der Waals surface area contributed by atoms with E-state index in [1.807, 2.05) is 56.3 Å². The monoisotopic (exact) mass is 393 g/mol. The van der Waals surface area contributed by atoms with Crippen LogP contribution in [0.2, 0.25) is 5.02 Å². The number of amides is 1. The van der Waals surface area contributed by atoms with E-state index < -0.39 is 6.10 Å². The van der Waals surface area contributed by atoms with Gasteiger partial charge in [0, 0.05) is 5.02 Å². The van der Waals surface area contributed by atoms with E-state index in [4.69, 9.17) is 16.3 Å². The molecule has 0 aliphatic carbocycles. The second-order valence-corrected chi connectivity index (χ2v) is 7.17. The molecule has 0 heterocycles. The van der Waals surface area contributed by atoms with Crippen LogP contribution in [0.4, 0.5) is 0 Å². The summed E-state index contributed by atoms with van der Waals surface area (Å²) in [4.78, 5) is 13.0. The Hall–Kier alpha value is -2.78. The number of halogens is 1.